The first kappa shape index (κ1) is 18.9. The number of hydrogen-bond acceptors (Lipinski definition) is 11. The van der Waals surface area contributed by atoms with Gasteiger partial charge in [-0.05, 0) is 0 Å². The van der Waals surface area contributed by atoms with Gasteiger partial charge in [0, 0.05) is 0 Å². The first-order valence-electron chi connectivity index (χ1n) is 7.04. The summed E-state index contributed by atoms with van der Waals surface area (Å²) < 4.78 is 15.1. The van der Waals surface area contributed by atoms with Gasteiger partial charge in [-0.15, -0.1) is 0 Å². The van der Waals surface area contributed by atoms with E-state index >= 15 is 0 Å². The summed E-state index contributed by atoms with van der Waals surface area (Å²) in [6, 6.07) is 0. The van der Waals surface area contributed by atoms with Crippen molar-refractivity contribution in [2.24, 2.45) is 0 Å². The van der Waals surface area contributed by atoms with Crippen LogP contribution >= 0.6 is 0 Å². The summed E-state index contributed by atoms with van der Waals surface area (Å²) in [5.74, 6) is -2.37. The lowest BCUT2D eigenvalue weighted by molar-refractivity contribution is -0.332. The van der Waals surface area contributed by atoms with Crippen LogP contribution in [0.15, 0.2) is 0 Å². The molecule has 0 aromatic rings. The minimum absolute atomic E-state index is 0.652. The first-order valence-corrected chi connectivity index (χ1v) is 7.04. The predicted octanol–water partition coefficient (Wildman–Crippen LogP) is -5.40. The van der Waals surface area contributed by atoms with Crippen LogP contribution in [0.2, 0.25) is 0 Å². The summed E-state index contributed by atoms with van der Waals surface area (Å²) in [5, 5.41) is 76.5. The summed E-state index contributed by atoms with van der Waals surface area (Å²) in [6.07, 6.45) is -12.2. The summed E-state index contributed by atoms with van der Waals surface area (Å²) in [5.41, 5.74) is 0. The Morgan fingerprint density at radius 2 is 1.43 bits per heavy atom. The van der Waals surface area contributed by atoms with Crippen LogP contribution in [0.4, 0.5) is 0 Å². The van der Waals surface area contributed by atoms with Crippen LogP contribution in [0.25, 0.3) is 0 Å². The molecule has 0 bridgehead atoms. The molecular weight excluding hydrogens is 320 g/mol. The topological polar surface area (TPSA) is 190 Å². The Balaban J connectivity index is 1.99. The minimum Gasteiger partial charge on any atom is -0.394 e. The van der Waals surface area contributed by atoms with E-state index in [0.717, 1.165) is 0 Å². The Bertz CT molecular complexity index is 393. The quantitative estimate of drug-likeness (QED) is 0.238. The standard InChI is InChI=1S/C12H22O11/c13-1-4-6(15)8(17)9(18)11(22-4)21-3-12(20)10(19)7(16)5(2-14)23-12/h4-11,13-20H,1-3H2/t4-,5-,6+,7-,8+,9-,10+,11?,12+/m1/s1. The molecule has 2 fully saturated rings. The molecule has 2 rings (SSSR count). The van der Waals surface area contributed by atoms with Gasteiger partial charge in [-0.1, -0.05) is 0 Å². The molecule has 0 aromatic heterocycles. The van der Waals surface area contributed by atoms with E-state index in [9.17, 15) is 30.6 Å². The fourth-order valence-electron chi connectivity index (χ4n) is 2.54. The summed E-state index contributed by atoms with van der Waals surface area (Å²) in [7, 11) is 0. The molecular formula is C12H22O11. The monoisotopic (exact) mass is 342 g/mol. The minimum atomic E-state index is -2.37. The van der Waals surface area contributed by atoms with Crippen molar-refractivity contribution in [1.29, 1.82) is 0 Å². The van der Waals surface area contributed by atoms with Crippen molar-refractivity contribution in [2.45, 2.75) is 54.8 Å². The third-order valence-electron chi connectivity index (χ3n) is 4.00. The van der Waals surface area contributed by atoms with E-state index in [2.05, 4.69) is 0 Å². The lowest BCUT2D eigenvalue weighted by Crippen LogP contribution is -2.60. The fourth-order valence-corrected chi connectivity index (χ4v) is 2.54. The predicted molar refractivity (Wildman–Crippen MR) is 68.6 cm³/mol. The highest BCUT2D eigenvalue weighted by Crippen LogP contribution is 2.31. The smallest absolute Gasteiger partial charge is 0.219 e. The number of aliphatic hydroxyl groups excluding tert-OH is 7. The van der Waals surface area contributed by atoms with Crippen molar-refractivity contribution < 1.29 is 55.1 Å². The highest BCUT2D eigenvalue weighted by molar-refractivity contribution is 4.96. The normalized spacial score (nSPS) is 51.1. The number of rotatable bonds is 5. The molecule has 2 saturated heterocycles. The fraction of sp³-hybridized carbons (Fsp3) is 1.00. The van der Waals surface area contributed by atoms with Crippen LogP contribution in [0.5, 0.6) is 0 Å². The van der Waals surface area contributed by atoms with Crippen LogP contribution in [-0.4, -0.2) is 115 Å². The van der Waals surface area contributed by atoms with E-state index in [1.807, 2.05) is 0 Å². The third-order valence-corrected chi connectivity index (χ3v) is 4.00. The Labute approximate surface area is 130 Å². The summed E-state index contributed by atoms with van der Waals surface area (Å²) in [4.78, 5) is 0. The molecule has 11 heteroatoms. The van der Waals surface area contributed by atoms with Crippen LogP contribution in [0, 0.1) is 0 Å². The molecule has 2 heterocycles. The van der Waals surface area contributed by atoms with Gasteiger partial charge in [-0.2, -0.15) is 0 Å². The van der Waals surface area contributed by atoms with Gasteiger partial charge in [0.2, 0.25) is 5.79 Å². The van der Waals surface area contributed by atoms with E-state index in [4.69, 9.17) is 24.4 Å². The van der Waals surface area contributed by atoms with E-state index < -0.39 is 74.6 Å². The largest absolute Gasteiger partial charge is 0.394 e. The maximum Gasteiger partial charge on any atom is 0.219 e. The van der Waals surface area contributed by atoms with Crippen molar-refractivity contribution in [1.82, 2.24) is 0 Å². The first-order chi connectivity index (χ1) is 10.7. The molecule has 0 aliphatic carbocycles. The maximum atomic E-state index is 10.1. The van der Waals surface area contributed by atoms with Crippen molar-refractivity contribution in [3.63, 3.8) is 0 Å². The molecule has 9 atom stereocenters. The zero-order valence-corrected chi connectivity index (χ0v) is 12.0. The van der Waals surface area contributed by atoms with E-state index in [0.29, 0.717) is 0 Å². The molecule has 0 saturated carbocycles. The van der Waals surface area contributed by atoms with Crippen molar-refractivity contribution in [2.75, 3.05) is 19.8 Å². The Kier molecular flexibility index (Phi) is 5.92. The van der Waals surface area contributed by atoms with Crippen molar-refractivity contribution in [3.8, 4) is 0 Å². The Morgan fingerprint density at radius 3 is 1.96 bits per heavy atom. The number of aliphatic hydroxyl groups is 8. The molecule has 0 aromatic carbocycles. The number of hydrogen-bond donors (Lipinski definition) is 8. The van der Waals surface area contributed by atoms with Gasteiger partial charge >= 0.3 is 0 Å². The average molecular weight is 342 g/mol. The van der Waals surface area contributed by atoms with Gasteiger partial charge in [0.15, 0.2) is 6.29 Å². The maximum absolute atomic E-state index is 10.1. The molecule has 2 aliphatic heterocycles. The van der Waals surface area contributed by atoms with Gasteiger partial charge in [0.25, 0.3) is 0 Å². The zero-order chi connectivity index (χ0) is 17.4. The molecule has 1 unspecified atom stereocenters. The van der Waals surface area contributed by atoms with Gasteiger partial charge in [0.1, 0.15) is 49.3 Å². The SMILES string of the molecule is OC[C@H]1OC(OC[C@]2(O)O[C@H](CO)[C@@H](O)[C@@H]2O)[C@H](O)[C@@H](O)[C@H]1O. The van der Waals surface area contributed by atoms with Crippen LogP contribution < -0.4 is 0 Å². The third kappa shape index (κ3) is 3.50. The summed E-state index contributed by atoms with van der Waals surface area (Å²) >= 11 is 0. The van der Waals surface area contributed by atoms with Gasteiger partial charge in [-0.25, -0.2) is 0 Å². The lowest BCUT2D eigenvalue weighted by atomic mass is 9.99. The highest BCUT2D eigenvalue weighted by atomic mass is 16.7. The van der Waals surface area contributed by atoms with E-state index in [-0.39, 0.29) is 0 Å². The van der Waals surface area contributed by atoms with Crippen LogP contribution in [0.1, 0.15) is 0 Å². The molecule has 136 valence electrons. The van der Waals surface area contributed by atoms with Gasteiger partial charge in [0.05, 0.1) is 13.2 Å². The molecule has 0 amide bonds. The van der Waals surface area contributed by atoms with Gasteiger partial charge < -0.3 is 55.1 Å². The Hall–Kier alpha value is -0.440. The number of ether oxygens (including phenoxy) is 3. The molecule has 11 nitrogen and oxygen atoms in total. The van der Waals surface area contributed by atoms with E-state index in [1.54, 1.807) is 0 Å². The second-order valence-electron chi connectivity index (χ2n) is 5.63. The van der Waals surface area contributed by atoms with Crippen molar-refractivity contribution >= 4 is 0 Å². The van der Waals surface area contributed by atoms with Crippen LogP contribution in [0.3, 0.4) is 0 Å². The second-order valence-corrected chi connectivity index (χ2v) is 5.63. The Morgan fingerprint density at radius 1 is 0.826 bits per heavy atom. The molecule has 8 N–H and O–H groups in total. The molecule has 0 radical (unpaired) electrons. The van der Waals surface area contributed by atoms with Crippen molar-refractivity contribution in [3.05, 3.63) is 0 Å². The summed E-state index contributed by atoms with van der Waals surface area (Å²) in [6.45, 7) is -2.08. The molecule has 0 spiro atoms. The zero-order valence-electron chi connectivity index (χ0n) is 12.0. The highest BCUT2D eigenvalue weighted by Gasteiger charge is 2.54. The molecule has 2 aliphatic rings. The van der Waals surface area contributed by atoms with Gasteiger partial charge in [-0.3, -0.25) is 0 Å². The van der Waals surface area contributed by atoms with E-state index in [1.165, 1.54) is 0 Å². The molecule has 23 heavy (non-hydrogen) atoms. The second kappa shape index (κ2) is 7.21. The average Bonchev–Trinajstić information content (AvgIpc) is 2.76. The van der Waals surface area contributed by atoms with Crippen LogP contribution in [-0.2, 0) is 14.2 Å². The lowest BCUT2D eigenvalue weighted by Gasteiger charge is -2.40.